The number of alkyl halides is 3. The number of carbonyl (C=O) groups is 1. The Kier molecular flexibility index (Phi) is 6.82. The molecule has 2 aliphatic heterocycles. The molecule has 40 heavy (non-hydrogen) atoms. The highest BCUT2D eigenvalue weighted by atomic mass is 32.1. The monoisotopic (exact) mass is 571 g/mol. The average Bonchev–Trinajstić information content (AvgIpc) is 3.63. The quantitative estimate of drug-likeness (QED) is 0.202. The summed E-state index contributed by atoms with van der Waals surface area (Å²) in [5.41, 5.74) is -0.323. The van der Waals surface area contributed by atoms with E-state index in [0.29, 0.717) is 18.2 Å². The van der Waals surface area contributed by atoms with Gasteiger partial charge in [0.1, 0.15) is 5.76 Å². The summed E-state index contributed by atoms with van der Waals surface area (Å²) >= 11 is 1.17. The van der Waals surface area contributed by atoms with Crippen LogP contribution in [0, 0.1) is 11.3 Å². The van der Waals surface area contributed by atoms with E-state index in [9.17, 15) is 28.2 Å². The van der Waals surface area contributed by atoms with Crippen molar-refractivity contribution in [2.75, 3.05) is 11.5 Å². The molecule has 2 aromatic carbocycles. The summed E-state index contributed by atoms with van der Waals surface area (Å²) in [6.45, 7) is -0.123. The van der Waals surface area contributed by atoms with Gasteiger partial charge >= 0.3 is 12.1 Å². The first-order valence-corrected chi connectivity index (χ1v) is 14.1. The number of aromatic nitrogens is 1. The van der Waals surface area contributed by atoms with E-state index >= 15 is 0 Å². The number of rotatable bonds is 8. The van der Waals surface area contributed by atoms with Crippen LogP contribution in [0.4, 0.5) is 18.9 Å². The molecule has 2 unspecified atom stereocenters. The molecule has 1 saturated carbocycles. The molecular formula is C29H28F3N3O4S. The summed E-state index contributed by atoms with van der Waals surface area (Å²) in [6.07, 6.45) is 0.0599. The second kappa shape index (κ2) is 10.2. The lowest BCUT2D eigenvalue weighted by molar-refractivity contribution is -0.137. The highest BCUT2D eigenvalue weighted by molar-refractivity contribution is 7.13. The molecule has 1 aromatic heterocycles. The maximum atomic E-state index is 13.7. The Hall–Kier alpha value is -3.44. The SMILES string of the molecule is N=C(/C(COC1CC2CC[C@@H](C1)N2c1ccc2c(C(=O)O)nsc2c1)=C(\O)C1CC1)c1ccccc1C(F)(F)F. The fraction of sp³-hybridized carbons (Fsp3) is 0.414. The van der Waals surface area contributed by atoms with E-state index in [1.807, 2.05) is 18.2 Å². The fourth-order valence-corrected chi connectivity index (χ4v) is 6.92. The molecule has 3 atom stereocenters. The summed E-state index contributed by atoms with van der Waals surface area (Å²) in [6, 6.07) is 11.1. The van der Waals surface area contributed by atoms with Crippen LogP contribution < -0.4 is 4.90 Å². The topological polar surface area (TPSA) is 107 Å². The Bertz CT molecular complexity index is 1500. The number of allylic oxidation sites excluding steroid dienone is 1. The molecule has 2 saturated heterocycles. The van der Waals surface area contributed by atoms with E-state index < -0.39 is 17.7 Å². The summed E-state index contributed by atoms with van der Waals surface area (Å²) in [7, 11) is 0. The third-order valence-electron chi connectivity index (χ3n) is 8.19. The van der Waals surface area contributed by atoms with Gasteiger partial charge in [0.25, 0.3) is 0 Å². The van der Waals surface area contributed by atoms with Crippen LogP contribution in [-0.4, -0.2) is 51.1 Å². The number of halogens is 3. The van der Waals surface area contributed by atoms with Gasteiger partial charge in [-0.3, -0.25) is 5.41 Å². The largest absolute Gasteiger partial charge is 0.512 e. The predicted molar refractivity (Wildman–Crippen MR) is 145 cm³/mol. The first-order valence-electron chi connectivity index (χ1n) is 13.3. The Morgan fingerprint density at radius 2 is 1.77 bits per heavy atom. The lowest BCUT2D eigenvalue weighted by Gasteiger charge is -2.40. The number of anilines is 1. The van der Waals surface area contributed by atoms with Gasteiger partial charge in [0.15, 0.2) is 5.69 Å². The van der Waals surface area contributed by atoms with Crippen molar-refractivity contribution in [1.82, 2.24) is 4.37 Å². The highest BCUT2D eigenvalue weighted by Gasteiger charge is 2.42. The first kappa shape index (κ1) is 26.8. The van der Waals surface area contributed by atoms with Crippen molar-refractivity contribution in [3.05, 3.63) is 70.6 Å². The van der Waals surface area contributed by atoms with Gasteiger partial charge < -0.3 is 19.8 Å². The Morgan fingerprint density at radius 3 is 2.42 bits per heavy atom. The van der Waals surface area contributed by atoms with Crippen LogP contribution in [0.5, 0.6) is 0 Å². The van der Waals surface area contributed by atoms with E-state index in [-0.39, 0.29) is 59.0 Å². The Balaban J connectivity index is 1.18. The number of aliphatic hydroxyl groups is 1. The molecule has 7 nitrogen and oxygen atoms in total. The number of fused-ring (bicyclic) bond motifs is 3. The number of aromatic carboxylic acids is 1. The van der Waals surface area contributed by atoms with Crippen molar-refractivity contribution >= 4 is 39.0 Å². The fourth-order valence-electron chi connectivity index (χ4n) is 6.12. The second-order valence-corrected chi connectivity index (χ2v) is 11.6. The summed E-state index contributed by atoms with van der Waals surface area (Å²) < 4.78 is 52.1. The minimum atomic E-state index is -4.62. The summed E-state index contributed by atoms with van der Waals surface area (Å²) in [4.78, 5) is 13.8. The van der Waals surface area contributed by atoms with Gasteiger partial charge in [0.2, 0.25) is 0 Å². The number of nitrogens with zero attached hydrogens (tertiary/aromatic N) is 2. The van der Waals surface area contributed by atoms with Crippen LogP contribution in [-0.2, 0) is 10.9 Å². The number of nitrogens with one attached hydrogen (secondary N) is 1. The van der Waals surface area contributed by atoms with Crippen LogP contribution in [0.3, 0.4) is 0 Å². The van der Waals surface area contributed by atoms with Gasteiger partial charge in [0.05, 0.1) is 28.7 Å². The summed E-state index contributed by atoms with van der Waals surface area (Å²) in [5.74, 6) is -1.23. The van der Waals surface area contributed by atoms with Crippen LogP contribution in [0.25, 0.3) is 10.1 Å². The molecule has 11 heteroatoms. The number of hydrogen-bond donors (Lipinski definition) is 3. The van der Waals surface area contributed by atoms with Gasteiger partial charge in [-0.25, -0.2) is 4.79 Å². The van der Waals surface area contributed by atoms with Crippen molar-refractivity contribution < 1.29 is 32.9 Å². The number of benzene rings is 2. The van der Waals surface area contributed by atoms with E-state index in [2.05, 4.69) is 9.27 Å². The molecule has 210 valence electrons. The van der Waals surface area contributed by atoms with Crippen molar-refractivity contribution in [1.29, 1.82) is 5.41 Å². The number of aliphatic hydroxyl groups excluding tert-OH is 1. The molecule has 6 rings (SSSR count). The third-order valence-corrected chi connectivity index (χ3v) is 8.99. The van der Waals surface area contributed by atoms with E-state index in [1.54, 1.807) is 0 Å². The molecule has 3 aromatic rings. The maximum absolute atomic E-state index is 13.7. The van der Waals surface area contributed by atoms with Gasteiger partial charge in [0, 0.05) is 40.2 Å². The molecule has 3 fully saturated rings. The minimum absolute atomic E-state index is 0.0408. The number of carboxylic acids is 1. The van der Waals surface area contributed by atoms with Crippen molar-refractivity contribution in [3.63, 3.8) is 0 Å². The number of piperidine rings is 1. The zero-order valence-electron chi connectivity index (χ0n) is 21.4. The summed E-state index contributed by atoms with van der Waals surface area (Å²) in [5, 5.41) is 29.5. The lowest BCUT2D eigenvalue weighted by atomic mass is 9.95. The number of hydrogen-bond acceptors (Lipinski definition) is 7. The van der Waals surface area contributed by atoms with Crippen molar-refractivity contribution in [2.24, 2.45) is 5.92 Å². The van der Waals surface area contributed by atoms with Crippen molar-refractivity contribution in [3.8, 4) is 0 Å². The second-order valence-electron chi connectivity index (χ2n) is 10.8. The zero-order valence-corrected chi connectivity index (χ0v) is 22.3. The Morgan fingerprint density at radius 1 is 1.07 bits per heavy atom. The molecule has 0 spiro atoms. The van der Waals surface area contributed by atoms with Crippen LogP contribution >= 0.6 is 11.5 Å². The standard InChI is InChI=1S/C29H28F3N3O4S/c30-29(31,32)23-4-2-1-3-20(23)25(33)22(27(36)15-5-6-15)14-39-19-11-16-7-8-17(12-19)35(16)18-9-10-21-24(13-18)40-34-26(21)28(37)38/h1-4,9-10,13,15-17,19,33,36H,5-8,11-12,14H2,(H,37,38)/b27-22-,33-25?/t16-,17?,19?/m0/s1. The molecule has 2 bridgehead atoms. The third kappa shape index (κ3) is 4.96. The molecular weight excluding hydrogens is 543 g/mol. The normalized spacial score (nSPS) is 23.4. The first-order chi connectivity index (χ1) is 19.1. The van der Waals surface area contributed by atoms with Gasteiger partial charge in [-0.15, -0.1) is 0 Å². The van der Waals surface area contributed by atoms with E-state index in [1.165, 1.54) is 29.7 Å². The van der Waals surface area contributed by atoms with Crippen LogP contribution in [0.2, 0.25) is 0 Å². The highest BCUT2D eigenvalue weighted by Crippen LogP contribution is 2.43. The van der Waals surface area contributed by atoms with E-state index in [4.69, 9.17) is 10.1 Å². The molecule has 3 aliphatic rings. The molecule has 3 heterocycles. The predicted octanol–water partition coefficient (Wildman–Crippen LogP) is 6.82. The maximum Gasteiger partial charge on any atom is 0.417 e. The smallest absolute Gasteiger partial charge is 0.417 e. The van der Waals surface area contributed by atoms with Gasteiger partial charge in [-0.1, -0.05) is 18.2 Å². The molecule has 0 amide bonds. The Labute approximate surface area is 232 Å². The average molecular weight is 572 g/mol. The molecule has 0 radical (unpaired) electrons. The van der Waals surface area contributed by atoms with Gasteiger partial charge in [-0.2, -0.15) is 17.5 Å². The minimum Gasteiger partial charge on any atom is -0.512 e. The van der Waals surface area contributed by atoms with Crippen molar-refractivity contribution in [2.45, 2.75) is 62.9 Å². The molecule has 3 N–H and O–H groups in total. The van der Waals surface area contributed by atoms with Crippen LogP contribution in [0.1, 0.15) is 60.1 Å². The lowest BCUT2D eigenvalue weighted by Crippen LogP contribution is -2.45. The zero-order chi connectivity index (χ0) is 28.2. The molecule has 1 aliphatic carbocycles. The number of ether oxygens (including phenoxy) is 1. The number of carboxylic acid groups (broad SMARTS) is 1. The van der Waals surface area contributed by atoms with Crippen LogP contribution in [0.15, 0.2) is 53.8 Å². The van der Waals surface area contributed by atoms with E-state index in [0.717, 1.165) is 42.1 Å². The van der Waals surface area contributed by atoms with Gasteiger partial charge in [-0.05, 0) is 74.3 Å².